The van der Waals surface area contributed by atoms with Crippen LogP contribution in [-0.4, -0.2) is 42.8 Å². The quantitative estimate of drug-likeness (QED) is 0.639. The van der Waals surface area contributed by atoms with Crippen LogP contribution < -0.4 is 11.1 Å². The molecule has 8 heteroatoms. The smallest absolute Gasteiger partial charge is 0.359 e. The Balaban J connectivity index is 2.10. The molecular formula is C12H17ClN4O3. The minimum Gasteiger partial charge on any atom is -0.464 e. The Hall–Kier alpha value is -1.60. The van der Waals surface area contributed by atoms with Crippen LogP contribution in [0.3, 0.4) is 0 Å². The summed E-state index contributed by atoms with van der Waals surface area (Å²) >= 11 is 5.80. The first-order valence-electron chi connectivity index (χ1n) is 6.34. The molecule has 1 saturated heterocycles. The summed E-state index contributed by atoms with van der Waals surface area (Å²) in [6, 6.07) is 0. The van der Waals surface area contributed by atoms with E-state index in [4.69, 9.17) is 22.1 Å². The number of anilines is 2. The lowest BCUT2D eigenvalue weighted by molar-refractivity contribution is 0.0595. The van der Waals surface area contributed by atoms with Gasteiger partial charge in [0.2, 0.25) is 5.28 Å². The van der Waals surface area contributed by atoms with Crippen LogP contribution in [0.5, 0.6) is 0 Å². The highest BCUT2D eigenvalue weighted by Crippen LogP contribution is 2.23. The van der Waals surface area contributed by atoms with Crippen LogP contribution in [0.15, 0.2) is 0 Å². The molecule has 0 saturated carbocycles. The van der Waals surface area contributed by atoms with E-state index >= 15 is 0 Å². The summed E-state index contributed by atoms with van der Waals surface area (Å²) in [5, 5.41) is 3.07. The predicted octanol–water partition coefficient (Wildman–Crippen LogP) is 1.34. The second-order valence-corrected chi connectivity index (χ2v) is 4.87. The van der Waals surface area contributed by atoms with Gasteiger partial charge in [-0.3, -0.25) is 0 Å². The lowest BCUT2D eigenvalue weighted by atomic mass is 10.0. The van der Waals surface area contributed by atoms with Crippen molar-refractivity contribution in [2.75, 3.05) is 37.9 Å². The van der Waals surface area contributed by atoms with E-state index in [1.165, 1.54) is 7.11 Å². The highest BCUT2D eigenvalue weighted by molar-refractivity contribution is 6.28. The Morgan fingerprint density at radius 2 is 2.20 bits per heavy atom. The van der Waals surface area contributed by atoms with Crippen molar-refractivity contribution in [3.05, 3.63) is 11.0 Å². The molecule has 0 atom stereocenters. The first-order valence-corrected chi connectivity index (χ1v) is 6.72. The van der Waals surface area contributed by atoms with Crippen molar-refractivity contribution < 1.29 is 14.3 Å². The fourth-order valence-electron chi connectivity index (χ4n) is 2.02. The highest BCUT2D eigenvalue weighted by Gasteiger charge is 2.19. The number of aromatic nitrogens is 2. The number of hydrogen-bond donors (Lipinski definition) is 2. The molecule has 2 rings (SSSR count). The molecule has 1 aromatic heterocycles. The molecule has 0 spiro atoms. The molecule has 0 unspecified atom stereocenters. The number of carbonyl (C=O) groups is 1. The van der Waals surface area contributed by atoms with Gasteiger partial charge in [-0.25, -0.2) is 9.78 Å². The van der Waals surface area contributed by atoms with Crippen molar-refractivity contribution in [1.82, 2.24) is 9.97 Å². The van der Waals surface area contributed by atoms with Gasteiger partial charge in [-0.15, -0.1) is 0 Å². The first-order chi connectivity index (χ1) is 9.61. The maximum atomic E-state index is 11.5. The van der Waals surface area contributed by atoms with Crippen LogP contribution in [0.4, 0.5) is 11.5 Å². The minimum atomic E-state index is -0.638. The minimum absolute atomic E-state index is 0.0259. The van der Waals surface area contributed by atoms with Gasteiger partial charge in [0.25, 0.3) is 0 Å². The van der Waals surface area contributed by atoms with E-state index in [0.29, 0.717) is 18.3 Å². The number of esters is 1. The second kappa shape index (κ2) is 6.71. The number of ether oxygens (including phenoxy) is 2. The molecular weight excluding hydrogens is 284 g/mol. The number of rotatable bonds is 4. The van der Waals surface area contributed by atoms with Gasteiger partial charge in [0.1, 0.15) is 5.69 Å². The SMILES string of the molecule is COC(=O)c1nc(Cl)nc(NCC2CCOCC2)c1N. The van der Waals surface area contributed by atoms with Gasteiger partial charge in [0, 0.05) is 19.8 Å². The Bertz CT molecular complexity index is 492. The summed E-state index contributed by atoms with van der Waals surface area (Å²) in [5.41, 5.74) is 5.99. The van der Waals surface area contributed by atoms with Gasteiger partial charge in [0.15, 0.2) is 11.5 Å². The van der Waals surface area contributed by atoms with Crippen molar-refractivity contribution in [2.45, 2.75) is 12.8 Å². The number of carbonyl (C=O) groups excluding carboxylic acids is 1. The molecule has 1 aliphatic rings. The molecule has 3 N–H and O–H groups in total. The lowest BCUT2D eigenvalue weighted by Gasteiger charge is -2.22. The number of nitrogen functional groups attached to an aromatic ring is 1. The highest BCUT2D eigenvalue weighted by atomic mass is 35.5. The summed E-state index contributed by atoms with van der Waals surface area (Å²) in [7, 11) is 1.26. The number of nitrogens with two attached hydrogens (primary N) is 1. The van der Waals surface area contributed by atoms with E-state index in [1.54, 1.807) is 0 Å². The monoisotopic (exact) mass is 300 g/mol. The molecule has 0 aliphatic carbocycles. The Labute approximate surface area is 121 Å². The molecule has 0 bridgehead atoms. The molecule has 0 amide bonds. The Morgan fingerprint density at radius 1 is 1.50 bits per heavy atom. The van der Waals surface area contributed by atoms with Crippen LogP contribution in [0, 0.1) is 5.92 Å². The fraction of sp³-hybridized carbons (Fsp3) is 0.583. The lowest BCUT2D eigenvalue weighted by Crippen LogP contribution is -2.24. The number of hydrogen-bond acceptors (Lipinski definition) is 7. The van der Waals surface area contributed by atoms with Crippen molar-refractivity contribution in [1.29, 1.82) is 0 Å². The van der Waals surface area contributed by atoms with Gasteiger partial charge >= 0.3 is 5.97 Å². The van der Waals surface area contributed by atoms with E-state index in [1.807, 2.05) is 0 Å². The maximum Gasteiger partial charge on any atom is 0.359 e. The molecule has 2 heterocycles. The van der Waals surface area contributed by atoms with E-state index in [2.05, 4.69) is 20.0 Å². The third kappa shape index (κ3) is 3.49. The number of halogens is 1. The molecule has 1 aliphatic heterocycles. The average Bonchev–Trinajstić information content (AvgIpc) is 2.48. The topological polar surface area (TPSA) is 99.4 Å². The van der Waals surface area contributed by atoms with E-state index < -0.39 is 5.97 Å². The summed E-state index contributed by atoms with van der Waals surface area (Å²) in [6.07, 6.45) is 1.96. The van der Waals surface area contributed by atoms with Crippen LogP contribution >= 0.6 is 11.6 Å². The molecule has 110 valence electrons. The van der Waals surface area contributed by atoms with Crippen LogP contribution in [0.25, 0.3) is 0 Å². The largest absolute Gasteiger partial charge is 0.464 e. The van der Waals surface area contributed by atoms with E-state index in [0.717, 1.165) is 26.1 Å². The van der Waals surface area contributed by atoms with Crippen LogP contribution in [-0.2, 0) is 9.47 Å². The predicted molar refractivity (Wildman–Crippen MR) is 74.8 cm³/mol. The van der Waals surface area contributed by atoms with Crippen molar-refractivity contribution in [3.8, 4) is 0 Å². The summed E-state index contributed by atoms with van der Waals surface area (Å²) in [6.45, 7) is 2.22. The van der Waals surface area contributed by atoms with Crippen molar-refractivity contribution in [2.24, 2.45) is 5.92 Å². The van der Waals surface area contributed by atoms with Crippen LogP contribution in [0.2, 0.25) is 5.28 Å². The maximum absolute atomic E-state index is 11.5. The molecule has 0 radical (unpaired) electrons. The zero-order valence-electron chi connectivity index (χ0n) is 11.2. The zero-order valence-corrected chi connectivity index (χ0v) is 11.9. The van der Waals surface area contributed by atoms with Crippen molar-refractivity contribution >= 4 is 29.1 Å². The Morgan fingerprint density at radius 3 is 2.85 bits per heavy atom. The zero-order chi connectivity index (χ0) is 14.5. The number of methoxy groups -OCH3 is 1. The van der Waals surface area contributed by atoms with Crippen LogP contribution in [0.1, 0.15) is 23.3 Å². The normalized spacial score (nSPS) is 15.9. The van der Waals surface area contributed by atoms with E-state index in [-0.39, 0.29) is 16.7 Å². The van der Waals surface area contributed by atoms with Gasteiger partial charge in [-0.05, 0) is 30.4 Å². The third-order valence-corrected chi connectivity index (χ3v) is 3.37. The molecule has 1 fully saturated rings. The van der Waals surface area contributed by atoms with Gasteiger partial charge < -0.3 is 20.5 Å². The number of nitrogens with zero attached hydrogens (tertiary/aromatic N) is 2. The van der Waals surface area contributed by atoms with Gasteiger partial charge in [0.05, 0.1) is 7.11 Å². The second-order valence-electron chi connectivity index (χ2n) is 4.53. The molecule has 7 nitrogen and oxygen atoms in total. The van der Waals surface area contributed by atoms with Crippen molar-refractivity contribution in [3.63, 3.8) is 0 Å². The molecule has 1 aromatic rings. The van der Waals surface area contributed by atoms with E-state index in [9.17, 15) is 4.79 Å². The Kier molecular flexibility index (Phi) is 4.97. The molecule has 20 heavy (non-hydrogen) atoms. The summed E-state index contributed by atoms with van der Waals surface area (Å²) in [5.74, 6) is 0.205. The number of nitrogens with one attached hydrogen (secondary N) is 1. The van der Waals surface area contributed by atoms with Gasteiger partial charge in [-0.2, -0.15) is 4.98 Å². The standard InChI is InChI=1S/C12H17ClN4O3/c1-19-11(18)9-8(14)10(17-12(13)16-9)15-6-7-2-4-20-5-3-7/h7H,2-6,14H2,1H3,(H,15,16,17). The summed E-state index contributed by atoms with van der Waals surface area (Å²) in [4.78, 5) is 19.4. The fourth-order valence-corrected chi connectivity index (χ4v) is 2.19. The summed E-state index contributed by atoms with van der Waals surface area (Å²) < 4.78 is 9.91. The average molecular weight is 301 g/mol. The third-order valence-electron chi connectivity index (χ3n) is 3.20. The molecule has 0 aromatic carbocycles. The first kappa shape index (κ1) is 14.8. The van der Waals surface area contributed by atoms with Gasteiger partial charge in [-0.1, -0.05) is 0 Å².